The van der Waals surface area contributed by atoms with E-state index in [2.05, 4.69) is 0 Å². The molecule has 2 aromatic carbocycles. The zero-order valence-electron chi connectivity index (χ0n) is 8.38. The Hall–Kier alpha value is -2.47. The van der Waals surface area contributed by atoms with E-state index >= 15 is 0 Å². The predicted octanol–water partition coefficient (Wildman–Crippen LogP) is 2.64. The SMILES string of the molecule is N#Cc1ccc(-c2cc(O)ccc2O)cc1. The summed E-state index contributed by atoms with van der Waals surface area (Å²) in [5, 5.41) is 27.6. The monoisotopic (exact) mass is 211 g/mol. The maximum Gasteiger partial charge on any atom is 0.123 e. The molecule has 0 aliphatic heterocycles. The number of rotatable bonds is 1. The fourth-order valence-electron chi connectivity index (χ4n) is 1.48. The fourth-order valence-corrected chi connectivity index (χ4v) is 1.48. The van der Waals surface area contributed by atoms with Crippen LogP contribution in [0.4, 0.5) is 0 Å². The van der Waals surface area contributed by atoms with Gasteiger partial charge in [-0.05, 0) is 35.9 Å². The Morgan fingerprint density at radius 1 is 0.938 bits per heavy atom. The molecule has 0 aliphatic carbocycles. The third-order valence-electron chi connectivity index (χ3n) is 2.31. The van der Waals surface area contributed by atoms with Crippen molar-refractivity contribution in [1.82, 2.24) is 0 Å². The molecule has 0 heterocycles. The number of phenols is 2. The third kappa shape index (κ3) is 1.82. The first kappa shape index (κ1) is 10.1. The molecule has 0 fully saturated rings. The van der Waals surface area contributed by atoms with Crippen molar-refractivity contribution in [3.8, 4) is 28.7 Å². The topological polar surface area (TPSA) is 64.2 Å². The molecule has 0 unspecified atom stereocenters. The van der Waals surface area contributed by atoms with Gasteiger partial charge in [0.15, 0.2) is 0 Å². The number of hydrogen-bond donors (Lipinski definition) is 2. The van der Waals surface area contributed by atoms with Crippen molar-refractivity contribution >= 4 is 0 Å². The summed E-state index contributed by atoms with van der Waals surface area (Å²) in [5.74, 6) is 0.194. The molecule has 0 saturated carbocycles. The van der Waals surface area contributed by atoms with Gasteiger partial charge in [-0.25, -0.2) is 0 Å². The van der Waals surface area contributed by atoms with Crippen LogP contribution in [0.1, 0.15) is 5.56 Å². The van der Waals surface area contributed by atoms with E-state index < -0.39 is 0 Å². The van der Waals surface area contributed by atoms with Crippen LogP contribution in [-0.4, -0.2) is 10.2 Å². The Labute approximate surface area is 92.8 Å². The molecule has 0 aromatic heterocycles. The van der Waals surface area contributed by atoms with Gasteiger partial charge in [-0.2, -0.15) is 5.26 Å². The van der Waals surface area contributed by atoms with Gasteiger partial charge in [0.1, 0.15) is 11.5 Å². The van der Waals surface area contributed by atoms with Crippen LogP contribution in [-0.2, 0) is 0 Å². The van der Waals surface area contributed by atoms with E-state index in [0.717, 1.165) is 5.56 Å². The summed E-state index contributed by atoms with van der Waals surface area (Å²) < 4.78 is 0. The molecule has 0 saturated heterocycles. The smallest absolute Gasteiger partial charge is 0.123 e. The highest BCUT2D eigenvalue weighted by atomic mass is 16.3. The number of hydrogen-bond acceptors (Lipinski definition) is 3. The molecule has 0 atom stereocenters. The second-order valence-corrected chi connectivity index (χ2v) is 3.39. The van der Waals surface area contributed by atoms with Gasteiger partial charge in [-0.1, -0.05) is 12.1 Å². The molecule has 0 amide bonds. The van der Waals surface area contributed by atoms with Crippen LogP contribution in [0.5, 0.6) is 11.5 Å². The van der Waals surface area contributed by atoms with Crippen molar-refractivity contribution < 1.29 is 10.2 Å². The van der Waals surface area contributed by atoms with Gasteiger partial charge in [-0.3, -0.25) is 0 Å². The molecule has 3 heteroatoms. The van der Waals surface area contributed by atoms with Crippen LogP contribution >= 0.6 is 0 Å². The summed E-state index contributed by atoms with van der Waals surface area (Å²) in [6.07, 6.45) is 0. The van der Waals surface area contributed by atoms with Crippen LogP contribution in [0.25, 0.3) is 11.1 Å². The first-order chi connectivity index (χ1) is 7.70. The van der Waals surface area contributed by atoms with Gasteiger partial charge in [0, 0.05) is 5.56 Å². The molecule has 0 radical (unpaired) electrons. The quantitative estimate of drug-likeness (QED) is 0.712. The van der Waals surface area contributed by atoms with Crippen molar-refractivity contribution in [1.29, 1.82) is 5.26 Å². The average Bonchev–Trinajstić information content (AvgIpc) is 2.32. The number of phenolic OH excluding ortho intramolecular Hbond substituents is 2. The Kier molecular flexibility index (Phi) is 2.49. The number of nitrogens with zero attached hydrogens (tertiary/aromatic N) is 1. The molecule has 3 nitrogen and oxygen atoms in total. The molecule has 2 rings (SSSR count). The molecule has 2 N–H and O–H groups in total. The summed E-state index contributed by atoms with van der Waals surface area (Å²) in [4.78, 5) is 0. The van der Waals surface area contributed by atoms with Gasteiger partial charge < -0.3 is 10.2 Å². The Morgan fingerprint density at radius 2 is 1.62 bits per heavy atom. The predicted molar refractivity (Wildman–Crippen MR) is 59.9 cm³/mol. The second-order valence-electron chi connectivity index (χ2n) is 3.39. The lowest BCUT2D eigenvalue weighted by molar-refractivity contribution is 0.462. The van der Waals surface area contributed by atoms with Crippen molar-refractivity contribution in [3.05, 3.63) is 48.0 Å². The molecule has 78 valence electrons. The first-order valence-electron chi connectivity index (χ1n) is 4.73. The van der Waals surface area contributed by atoms with Crippen LogP contribution < -0.4 is 0 Å². The van der Waals surface area contributed by atoms with Gasteiger partial charge >= 0.3 is 0 Å². The lowest BCUT2D eigenvalue weighted by Crippen LogP contribution is -1.80. The summed E-state index contributed by atoms with van der Waals surface area (Å²) in [7, 11) is 0. The van der Waals surface area contributed by atoms with Crippen molar-refractivity contribution in [2.75, 3.05) is 0 Å². The van der Waals surface area contributed by atoms with E-state index in [1.54, 1.807) is 24.3 Å². The highest BCUT2D eigenvalue weighted by molar-refractivity contribution is 5.71. The number of benzene rings is 2. The minimum Gasteiger partial charge on any atom is -0.508 e. The van der Waals surface area contributed by atoms with Gasteiger partial charge in [0.05, 0.1) is 11.6 Å². The van der Waals surface area contributed by atoms with Gasteiger partial charge in [0.25, 0.3) is 0 Å². The van der Waals surface area contributed by atoms with E-state index in [1.165, 1.54) is 18.2 Å². The summed E-state index contributed by atoms with van der Waals surface area (Å²) in [6.45, 7) is 0. The highest BCUT2D eigenvalue weighted by Crippen LogP contribution is 2.32. The zero-order chi connectivity index (χ0) is 11.5. The number of aromatic hydroxyl groups is 2. The van der Waals surface area contributed by atoms with E-state index in [-0.39, 0.29) is 11.5 Å². The first-order valence-corrected chi connectivity index (χ1v) is 4.73. The Bertz CT molecular complexity index is 553. The molecule has 16 heavy (non-hydrogen) atoms. The molecular weight excluding hydrogens is 202 g/mol. The molecular formula is C13H9NO2. The van der Waals surface area contributed by atoms with E-state index in [4.69, 9.17) is 5.26 Å². The standard InChI is InChI=1S/C13H9NO2/c14-8-9-1-3-10(4-2-9)12-7-11(15)5-6-13(12)16/h1-7,15-16H. The van der Waals surface area contributed by atoms with Crippen LogP contribution in [0.15, 0.2) is 42.5 Å². The molecule has 0 aliphatic rings. The fraction of sp³-hybridized carbons (Fsp3) is 0. The largest absolute Gasteiger partial charge is 0.508 e. The normalized spacial score (nSPS) is 9.69. The molecule has 2 aromatic rings. The van der Waals surface area contributed by atoms with Gasteiger partial charge in [-0.15, -0.1) is 0 Å². The van der Waals surface area contributed by atoms with Crippen molar-refractivity contribution in [2.24, 2.45) is 0 Å². The summed E-state index contributed by atoms with van der Waals surface area (Å²) in [5.41, 5.74) is 1.86. The summed E-state index contributed by atoms with van der Waals surface area (Å²) in [6, 6.07) is 13.1. The van der Waals surface area contributed by atoms with Crippen molar-refractivity contribution in [2.45, 2.75) is 0 Å². The van der Waals surface area contributed by atoms with Gasteiger partial charge in [0.2, 0.25) is 0 Å². The maximum atomic E-state index is 9.64. The van der Waals surface area contributed by atoms with E-state index in [0.29, 0.717) is 11.1 Å². The molecule has 0 bridgehead atoms. The lowest BCUT2D eigenvalue weighted by atomic mass is 10.0. The number of nitriles is 1. The van der Waals surface area contributed by atoms with E-state index in [9.17, 15) is 10.2 Å². The third-order valence-corrected chi connectivity index (χ3v) is 2.31. The van der Waals surface area contributed by atoms with Crippen LogP contribution in [0.3, 0.4) is 0 Å². The lowest BCUT2D eigenvalue weighted by Gasteiger charge is -2.05. The van der Waals surface area contributed by atoms with Crippen LogP contribution in [0.2, 0.25) is 0 Å². The second kappa shape index (κ2) is 3.95. The average molecular weight is 211 g/mol. The highest BCUT2D eigenvalue weighted by Gasteiger charge is 2.05. The Balaban J connectivity index is 2.50. The minimum atomic E-state index is 0.0946. The molecule has 0 spiro atoms. The van der Waals surface area contributed by atoms with Crippen LogP contribution in [0, 0.1) is 11.3 Å². The Morgan fingerprint density at radius 3 is 2.25 bits per heavy atom. The maximum absolute atomic E-state index is 9.64. The zero-order valence-corrected chi connectivity index (χ0v) is 8.38. The summed E-state index contributed by atoms with van der Waals surface area (Å²) >= 11 is 0. The minimum absolute atomic E-state index is 0.0946. The van der Waals surface area contributed by atoms with E-state index in [1.807, 2.05) is 6.07 Å². The van der Waals surface area contributed by atoms with Crippen molar-refractivity contribution in [3.63, 3.8) is 0 Å².